The van der Waals surface area contributed by atoms with E-state index in [1.807, 2.05) is 30.3 Å². The number of carboxylic acids is 1. The second-order valence-corrected chi connectivity index (χ2v) is 5.80. The van der Waals surface area contributed by atoms with Crippen molar-refractivity contribution in [3.63, 3.8) is 0 Å². The first kappa shape index (κ1) is 15.2. The molecule has 1 atom stereocenters. The number of nitrogens with one attached hydrogen (secondary N) is 1. The average molecular weight is 304 g/mol. The molecule has 1 heterocycles. The molecule has 21 heavy (non-hydrogen) atoms. The van der Waals surface area contributed by atoms with E-state index in [4.69, 9.17) is 5.11 Å². The first-order valence-corrected chi connectivity index (χ1v) is 7.41. The maximum Gasteiger partial charge on any atom is 0.326 e. The first-order valence-electron chi connectivity index (χ1n) is 6.53. The third-order valence-electron chi connectivity index (χ3n) is 2.98. The molecule has 0 bridgehead atoms. The van der Waals surface area contributed by atoms with E-state index in [9.17, 15) is 9.59 Å². The number of carboxylic acid groups (broad SMARTS) is 1. The highest BCUT2D eigenvalue weighted by Gasteiger charge is 2.25. The SMILES string of the molecule is CC(C)[C@@H](NC(=O)c1csc(-c2ccccc2)n1)C(=O)O. The summed E-state index contributed by atoms with van der Waals surface area (Å²) in [4.78, 5) is 27.4. The summed E-state index contributed by atoms with van der Waals surface area (Å²) in [5.74, 6) is -1.70. The summed E-state index contributed by atoms with van der Waals surface area (Å²) in [6.45, 7) is 3.49. The van der Waals surface area contributed by atoms with E-state index in [1.165, 1.54) is 11.3 Å². The van der Waals surface area contributed by atoms with Gasteiger partial charge in [0, 0.05) is 10.9 Å². The van der Waals surface area contributed by atoms with Crippen molar-refractivity contribution in [2.75, 3.05) is 0 Å². The van der Waals surface area contributed by atoms with Crippen LogP contribution in [0.3, 0.4) is 0 Å². The van der Waals surface area contributed by atoms with Crippen LogP contribution < -0.4 is 5.32 Å². The summed E-state index contributed by atoms with van der Waals surface area (Å²) >= 11 is 1.36. The van der Waals surface area contributed by atoms with Crippen LogP contribution >= 0.6 is 11.3 Å². The molecule has 1 amide bonds. The molecule has 0 saturated heterocycles. The average Bonchev–Trinajstić information content (AvgIpc) is 2.94. The van der Waals surface area contributed by atoms with Crippen LogP contribution in [0.25, 0.3) is 10.6 Å². The molecule has 0 fully saturated rings. The number of nitrogens with zero attached hydrogens (tertiary/aromatic N) is 1. The molecule has 0 aliphatic carbocycles. The minimum absolute atomic E-state index is 0.196. The van der Waals surface area contributed by atoms with Crippen molar-refractivity contribution in [2.24, 2.45) is 5.92 Å². The maximum absolute atomic E-state index is 12.1. The number of aliphatic carboxylic acids is 1. The summed E-state index contributed by atoms with van der Waals surface area (Å²) < 4.78 is 0. The van der Waals surface area contributed by atoms with E-state index < -0.39 is 17.9 Å². The maximum atomic E-state index is 12.1. The van der Waals surface area contributed by atoms with E-state index in [-0.39, 0.29) is 11.6 Å². The van der Waals surface area contributed by atoms with Crippen LogP contribution in [0.5, 0.6) is 0 Å². The van der Waals surface area contributed by atoms with Gasteiger partial charge in [0.15, 0.2) is 0 Å². The lowest BCUT2D eigenvalue weighted by Gasteiger charge is -2.16. The van der Waals surface area contributed by atoms with E-state index in [1.54, 1.807) is 19.2 Å². The van der Waals surface area contributed by atoms with Crippen LogP contribution in [0.15, 0.2) is 35.7 Å². The van der Waals surface area contributed by atoms with Crippen LogP contribution in [0.4, 0.5) is 0 Å². The van der Waals surface area contributed by atoms with Crippen LogP contribution in [0, 0.1) is 5.92 Å². The number of thiazole rings is 1. The number of hydrogen-bond donors (Lipinski definition) is 2. The highest BCUT2D eigenvalue weighted by Crippen LogP contribution is 2.23. The predicted molar refractivity (Wildman–Crippen MR) is 81.3 cm³/mol. The largest absolute Gasteiger partial charge is 0.480 e. The molecule has 2 rings (SSSR count). The molecule has 0 aliphatic heterocycles. The Hall–Kier alpha value is -2.21. The second-order valence-electron chi connectivity index (χ2n) is 4.94. The van der Waals surface area contributed by atoms with Crippen molar-refractivity contribution >= 4 is 23.2 Å². The zero-order valence-corrected chi connectivity index (χ0v) is 12.6. The van der Waals surface area contributed by atoms with Gasteiger partial charge >= 0.3 is 5.97 Å². The van der Waals surface area contributed by atoms with E-state index in [2.05, 4.69) is 10.3 Å². The minimum atomic E-state index is -1.04. The van der Waals surface area contributed by atoms with Crippen LogP contribution in [-0.4, -0.2) is 28.0 Å². The summed E-state index contributed by atoms with van der Waals surface area (Å²) in [5.41, 5.74) is 1.17. The molecular formula is C15H16N2O3S. The van der Waals surface area contributed by atoms with Crippen molar-refractivity contribution in [1.82, 2.24) is 10.3 Å². The molecule has 5 nitrogen and oxygen atoms in total. The van der Waals surface area contributed by atoms with Crippen molar-refractivity contribution in [3.8, 4) is 10.6 Å². The molecular weight excluding hydrogens is 288 g/mol. The van der Waals surface area contributed by atoms with Gasteiger partial charge in [-0.2, -0.15) is 0 Å². The second kappa shape index (κ2) is 6.49. The fraction of sp³-hybridized carbons (Fsp3) is 0.267. The number of carbonyl (C=O) groups is 2. The summed E-state index contributed by atoms with van der Waals surface area (Å²) in [6, 6.07) is 8.61. The Bertz CT molecular complexity index is 637. The topological polar surface area (TPSA) is 79.3 Å². The minimum Gasteiger partial charge on any atom is -0.480 e. The van der Waals surface area contributed by atoms with Gasteiger partial charge in [0.2, 0.25) is 0 Å². The van der Waals surface area contributed by atoms with Crippen molar-refractivity contribution in [3.05, 3.63) is 41.4 Å². The Balaban J connectivity index is 2.14. The Morgan fingerprint density at radius 2 is 1.90 bits per heavy atom. The predicted octanol–water partition coefficient (Wildman–Crippen LogP) is 2.65. The zero-order chi connectivity index (χ0) is 15.4. The van der Waals surface area contributed by atoms with E-state index >= 15 is 0 Å². The first-order chi connectivity index (χ1) is 9.99. The quantitative estimate of drug-likeness (QED) is 0.890. The van der Waals surface area contributed by atoms with Gasteiger partial charge in [0.25, 0.3) is 5.91 Å². The van der Waals surface area contributed by atoms with Crippen molar-refractivity contribution in [2.45, 2.75) is 19.9 Å². The molecule has 1 aromatic carbocycles. The van der Waals surface area contributed by atoms with Crippen LogP contribution in [0.2, 0.25) is 0 Å². The van der Waals surface area contributed by atoms with Gasteiger partial charge in [0.05, 0.1) is 0 Å². The van der Waals surface area contributed by atoms with Crippen molar-refractivity contribution < 1.29 is 14.7 Å². The van der Waals surface area contributed by atoms with E-state index in [0.717, 1.165) is 10.6 Å². The third-order valence-corrected chi connectivity index (χ3v) is 3.87. The number of amides is 1. The summed E-state index contributed by atoms with van der Waals surface area (Å²) in [7, 11) is 0. The lowest BCUT2D eigenvalue weighted by Crippen LogP contribution is -2.44. The molecule has 2 N–H and O–H groups in total. The van der Waals surface area contributed by atoms with Gasteiger partial charge in [-0.25, -0.2) is 9.78 Å². The Kier molecular flexibility index (Phi) is 4.70. The summed E-state index contributed by atoms with van der Waals surface area (Å²) in [6.07, 6.45) is 0. The molecule has 0 aliphatic rings. The molecule has 110 valence electrons. The Morgan fingerprint density at radius 3 is 2.48 bits per heavy atom. The standard InChI is InChI=1S/C15H16N2O3S/c1-9(2)12(15(19)20)17-13(18)11-8-21-14(16-11)10-6-4-3-5-7-10/h3-9,12H,1-2H3,(H,17,18)(H,19,20)/t12-/m1/s1. The van der Waals surface area contributed by atoms with Gasteiger partial charge in [-0.05, 0) is 5.92 Å². The molecule has 0 radical (unpaired) electrons. The fourth-order valence-electron chi connectivity index (χ4n) is 1.82. The Morgan fingerprint density at radius 1 is 1.24 bits per heavy atom. The third kappa shape index (κ3) is 3.66. The number of benzene rings is 1. The number of rotatable bonds is 5. The van der Waals surface area contributed by atoms with Gasteiger partial charge in [-0.3, -0.25) is 4.79 Å². The van der Waals surface area contributed by atoms with Gasteiger partial charge in [-0.1, -0.05) is 44.2 Å². The number of carbonyl (C=O) groups excluding carboxylic acids is 1. The molecule has 0 saturated carbocycles. The highest BCUT2D eigenvalue weighted by molar-refractivity contribution is 7.13. The highest BCUT2D eigenvalue weighted by atomic mass is 32.1. The van der Waals surface area contributed by atoms with Crippen LogP contribution in [-0.2, 0) is 4.79 Å². The van der Waals surface area contributed by atoms with Crippen LogP contribution in [0.1, 0.15) is 24.3 Å². The van der Waals surface area contributed by atoms with E-state index in [0.29, 0.717) is 0 Å². The molecule has 0 unspecified atom stereocenters. The van der Waals surface area contributed by atoms with Crippen molar-refractivity contribution in [1.29, 1.82) is 0 Å². The number of hydrogen-bond acceptors (Lipinski definition) is 4. The molecule has 1 aromatic heterocycles. The lowest BCUT2D eigenvalue weighted by atomic mass is 10.0. The molecule has 0 spiro atoms. The summed E-state index contributed by atoms with van der Waals surface area (Å²) in [5, 5.41) is 14.0. The normalized spacial score (nSPS) is 12.1. The fourth-order valence-corrected chi connectivity index (χ4v) is 2.63. The van der Waals surface area contributed by atoms with Gasteiger partial charge in [-0.15, -0.1) is 11.3 Å². The molecule has 6 heteroatoms. The van der Waals surface area contributed by atoms with Gasteiger partial charge < -0.3 is 10.4 Å². The lowest BCUT2D eigenvalue weighted by molar-refractivity contribution is -0.140. The monoisotopic (exact) mass is 304 g/mol. The number of aromatic nitrogens is 1. The zero-order valence-electron chi connectivity index (χ0n) is 11.7. The smallest absolute Gasteiger partial charge is 0.326 e. The molecule has 2 aromatic rings. The Labute approximate surface area is 126 Å². The van der Waals surface area contributed by atoms with Gasteiger partial charge in [0.1, 0.15) is 16.7 Å².